The van der Waals surface area contributed by atoms with Gasteiger partial charge in [0.2, 0.25) is 0 Å². The maximum absolute atomic E-state index is 9.83. The van der Waals surface area contributed by atoms with Gasteiger partial charge in [-0.25, -0.2) is 0 Å². The molecule has 1 aromatic rings. The summed E-state index contributed by atoms with van der Waals surface area (Å²) in [5.41, 5.74) is 1.01. The van der Waals surface area contributed by atoms with Crippen molar-refractivity contribution in [3.05, 3.63) is 33.8 Å². The Kier molecular flexibility index (Phi) is 4.09. The third-order valence-electron chi connectivity index (χ3n) is 2.93. The van der Waals surface area contributed by atoms with E-state index in [2.05, 4.69) is 0 Å². The average molecular weight is 261 g/mol. The van der Waals surface area contributed by atoms with Crippen LogP contribution in [0.4, 0.5) is 0 Å². The van der Waals surface area contributed by atoms with E-state index >= 15 is 0 Å². The molecule has 0 saturated carbocycles. The lowest BCUT2D eigenvalue weighted by Crippen LogP contribution is -2.33. The van der Waals surface area contributed by atoms with Crippen molar-refractivity contribution in [3.8, 4) is 0 Å². The number of hydrogen-bond acceptors (Lipinski definition) is 2. The predicted octanol–water partition coefficient (Wildman–Crippen LogP) is 2.93. The van der Waals surface area contributed by atoms with Crippen LogP contribution in [0.2, 0.25) is 10.0 Å². The van der Waals surface area contributed by atoms with Crippen molar-refractivity contribution in [1.29, 1.82) is 0 Å². The first-order chi connectivity index (χ1) is 7.66. The Morgan fingerprint density at radius 3 is 2.88 bits per heavy atom. The topological polar surface area (TPSA) is 29.5 Å². The Labute approximate surface area is 105 Å². The monoisotopic (exact) mass is 260 g/mol. The SMILES string of the molecule is O[C@H]1CCOC[C@H]1Cc1ccc(Cl)cc1Cl. The minimum Gasteiger partial charge on any atom is -0.393 e. The number of aliphatic hydroxyl groups is 1. The van der Waals surface area contributed by atoms with Crippen molar-refractivity contribution in [3.63, 3.8) is 0 Å². The van der Waals surface area contributed by atoms with E-state index in [0.717, 1.165) is 12.0 Å². The lowest BCUT2D eigenvalue weighted by molar-refractivity contribution is -0.0350. The van der Waals surface area contributed by atoms with Gasteiger partial charge in [0, 0.05) is 22.6 Å². The molecule has 0 aliphatic carbocycles. The van der Waals surface area contributed by atoms with E-state index in [1.165, 1.54) is 0 Å². The first-order valence-electron chi connectivity index (χ1n) is 5.36. The maximum atomic E-state index is 9.83. The smallest absolute Gasteiger partial charge is 0.0615 e. The molecule has 0 aromatic heterocycles. The molecule has 1 aromatic carbocycles. The summed E-state index contributed by atoms with van der Waals surface area (Å²) in [6.07, 6.45) is 1.15. The minimum atomic E-state index is -0.291. The van der Waals surface area contributed by atoms with E-state index < -0.39 is 0 Å². The van der Waals surface area contributed by atoms with Crippen molar-refractivity contribution in [2.75, 3.05) is 13.2 Å². The molecular formula is C12H14Cl2O2. The predicted molar refractivity (Wildman–Crippen MR) is 65.1 cm³/mol. The van der Waals surface area contributed by atoms with Crippen molar-refractivity contribution < 1.29 is 9.84 Å². The molecule has 2 atom stereocenters. The van der Waals surface area contributed by atoms with E-state index in [0.29, 0.717) is 29.7 Å². The van der Waals surface area contributed by atoms with Gasteiger partial charge in [0.15, 0.2) is 0 Å². The van der Waals surface area contributed by atoms with E-state index in [9.17, 15) is 5.11 Å². The maximum Gasteiger partial charge on any atom is 0.0615 e. The Bertz CT molecular complexity index is 368. The van der Waals surface area contributed by atoms with Crippen molar-refractivity contribution in [2.45, 2.75) is 18.9 Å². The molecule has 1 heterocycles. The van der Waals surface area contributed by atoms with Crippen LogP contribution in [0.15, 0.2) is 18.2 Å². The Balaban J connectivity index is 2.07. The fraction of sp³-hybridized carbons (Fsp3) is 0.500. The molecule has 0 spiro atoms. The van der Waals surface area contributed by atoms with Gasteiger partial charge in [-0.1, -0.05) is 29.3 Å². The van der Waals surface area contributed by atoms with Gasteiger partial charge in [0.25, 0.3) is 0 Å². The van der Waals surface area contributed by atoms with Gasteiger partial charge in [-0.3, -0.25) is 0 Å². The minimum absolute atomic E-state index is 0.132. The summed E-state index contributed by atoms with van der Waals surface area (Å²) in [5.74, 6) is 0.132. The summed E-state index contributed by atoms with van der Waals surface area (Å²) in [7, 11) is 0. The lowest BCUT2D eigenvalue weighted by atomic mass is 9.91. The average Bonchev–Trinajstić information content (AvgIpc) is 2.25. The highest BCUT2D eigenvalue weighted by Gasteiger charge is 2.24. The van der Waals surface area contributed by atoms with Crippen LogP contribution >= 0.6 is 23.2 Å². The van der Waals surface area contributed by atoms with Gasteiger partial charge < -0.3 is 9.84 Å². The van der Waals surface area contributed by atoms with E-state index in [1.807, 2.05) is 12.1 Å². The molecule has 16 heavy (non-hydrogen) atoms. The second-order valence-electron chi connectivity index (χ2n) is 4.13. The summed E-state index contributed by atoms with van der Waals surface area (Å²) in [4.78, 5) is 0. The second kappa shape index (κ2) is 5.37. The highest BCUT2D eigenvalue weighted by atomic mass is 35.5. The molecule has 1 N–H and O–H groups in total. The third kappa shape index (κ3) is 2.89. The standard InChI is InChI=1S/C12H14Cl2O2/c13-10-2-1-8(11(14)6-10)5-9-7-16-4-3-12(9)15/h1-2,6,9,12,15H,3-5,7H2/t9-,12+/m1/s1. The van der Waals surface area contributed by atoms with Crippen LogP contribution in [0.3, 0.4) is 0 Å². The van der Waals surface area contributed by atoms with Crippen LogP contribution in [0.1, 0.15) is 12.0 Å². The van der Waals surface area contributed by atoms with Gasteiger partial charge in [0.05, 0.1) is 12.7 Å². The zero-order valence-electron chi connectivity index (χ0n) is 8.83. The first kappa shape index (κ1) is 12.2. The molecule has 2 rings (SSSR count). The Morgan fingerprint density at radius 2 is 2.19 bits per heavy atom. The van der Waals surface area contributed by atoms with Crippen LogP contribution < -0.4 is 0 Å². The molecule has 1 fully saturated rings. The lowest BCUT2D eigenvalue weighted by Gasteiger charge is -2.28. The molecule has 4 heteroatoms. The summed E-state index contributed by atoms with van der Waals surface area (Å²) >= 11 is 11.9. The Morgan fingerprint density at radius 1 is 1.38 bits per heavy atom. The van der Waals surface area contributed by atoms with Crippen LogP contribution in [0.5, 0.6) is 0 Å². The molecule has 1 saturated heterocycles. The quantitative estimate of drug-likeness (QED) is 0.886. The first-order valence-corrected chi connectivity index (χ1v) is 6.12. The van der Waals surface area contributed by atoms with Gasteiger partial charge in [-0.2, -0.15) is 0 Å². The molecule has 0 bridgehead atoms. The summed E-state index contributed by atoms with van der Waals surface area (Å²) in [6.45, 7) is 1.24. The highest BCUT2D eigenvalue weighted by molar-refractivity contribution is 6.35. The fourth-order valence-electron chi connectivity index (χ4n) is 1.95. The molecule has 1 aliphatic heterocycles. The third-order valence-corrected chi connectivity index (χ3v) is 3.52. The van der Waals surface area contributed by atoms with Crippen molar-refractivity contribution in [2.24, 2.45) is 5.92 Å². The van der Waals surface area contributed by atoms with E-state index in [1.54, 1.807) is 6.07 Å². The molecule has 0 unspecified atom stereocenters. The molecule has 88 valence electrons. The summed E-state index contributed by atoms with van der Waals surface area (Å²) in [5, 5.41) is 11.1. The zero-order valence-corrected chi connectivity index (χ0v) is 10.3. The number of aliphatic hydroxyl groups excluding tert-OH is 1. The van der Waals surface area contributed by atoms with Crippen LogP contribution in [0.25, 0.3) is 0 Å². The van der Waals surface area contributed by atoms with Crippen LogP contribution in [0, 0.1) is 5.92 Å². The summed E-state index contributed by atoms with van der Waals surface area (Å²) < 4.78 is 5.36. The Hall–Kier alpha value is -0.280. The number of benzene rings is 1. The van der Waals surface area contributed by atoms with Crippen LogP contribution in [-0.2, 0) is 11.2 Å². The largest absolute Gasteiger partial charge is 0.393 e. The normalized spacial score (nSPS) is 25.7. The van der Waals surface area contributed by atoms with Gasteiger partial charge in [0.1, 0.15) is 0 Å². The van der Waals surface area contributed by atoms with Gasteiger partial charge in [-0.15, -0.1) is 0 Å². The van der Waals surface area contributed by atoms with Gasteiger partial charge in [-0.05, 0) is 30.5 Å². The number of rotatable bonds is 2. The molecule has 0 radical (unpaired) electrons. The fourth-order valence-corrected chi connectivity index (χ4v) is 2.44. The summed E-state index contributed by atoms with van der Waals surface area (Å²) in [6, 6.07) is 5.46. The van der Waals surface area contributed by atoms with E-state index in [4.69, 9.17) is 27.9 Å². The number of halogens is 2. The second-order valence-corrected chi connectivity index (χ2v) is 4.97. The molecular weight excluding hydrogens is 247 g/mol. The van der Waals surface area contributed by atoms with Crippen molar-refractivity contribution >= 4 is 23.2 Å². The van der Waals surface area contributed by atoms with Crippen LogP contribution in [-0.4, -0.2) is 24.4 Å². The zero-order chi connectivity index (χ0) is 11.5. The molecule has 1 aliphatic rings. The van der Waals surface area contributed by atoms with Gasteiger partial charge >= 0.3 is 0 Å². The number of hydrogen-bond donors (Lipinski definition) is 1. The number of ether oxygens (including phenoxy) is 1. The van der Waals surface area contributed by atoms with E-state index in [-0.39, 0.29) is 12.0 Å². The highest BCUT2D eigenvalue weighted by Crippen LogP contribution is 2.26. The molecule has 2 nitrogen and oxygen atoms in total. The van der Waals surface area contributed by atoms with Crippen molar-refractivity contribution in [1.82, 2.24) is 0 Å². The molecule has 0 amide bonds.